The van der Waals surface area contributed by atoms with Gasteiger partial charge in [0, 0.05) is 0 Å². The van der Waals surface area contributed by atoms with Gasteiger partial charge in [0.1, 0.15) is 5.75 Å². The van der Waals surface area contributed by atoms with Gasteiger partial charge in [0.15, 0.2) is 0 Å². The Morgan fingerprint density at radius 1 is 1.50 bits per heavy atom. The predicted octanol–water partition coefficient (Wildman–Crippen LogP) is 2.32. The van der Waals surface area contributed by atoms with Crippen molar-refractivity contribution in [2.45, 2.75) is 19.3 Å². The van der Waals surface area contributed by atoms with Crippen LogP contribution in [0.5, 0.6) is 5.75 Å². The fourth-order valence-electron chi connectivity index (χ4n) is 2.17. The van der Waals surface area contributed by atoms with Crippen molar-refractivity contribution < 1.29 is 19.2 Å². The fraction of sp³-hybridized carbons (Fsp3) is 0.357. The van der Waals surface area contributed by atoms with Crippen molar-refractivity contribution in [3.63, 3.8) is 0 Å². The van der Waals surface area contributed by atoms with E-state index in [-0.39, 0.29) is 5.92 Å². The van der Waals surface area contributed by atoms with Crippen LogP contribution >= 0.6 is 0 Å². The largest absolute Gasteiger partial charge is 0.493 e. The lowest BCUT2D eigenvalue weighted by molar-refractivity contribution is -0.138. The number of carbonyl (C=O) groups is 1. The predicted molar refractivity (Wildman–Crippen MR) is 69.4 cm³/mol. The highest BCUT2D eigenvalue weighted by atomic mass is 16.5. The lowest BCUT2D eigenvalue weighted by atomic mass is 10.2. The molecule has 2 atom stereocenters. The van der Waals surface area contributed by atoms with Crippen LogP contribution in [0.3, 0.4) is 0 Å². The van der Waals surface area contributed by atoms with Gasteiger partial charge in [-0.1, -0.05) is 17.3 Å². The zero-order chi connectivity index (χ0) is 14.1. The summed E-state index contributed by atoms with van der Waals surface area (Å²) in [4.78, 5) is 15.1. The van der Waals surface area contributed by atoms with Gasteiger partial charge in [-0.25, -0.2) is 0 Å². The van der Waals surface area contributed by atoms with E-state index in [4.69, 9.17) is 14.4 Å². The van der Waals surface area contributed by atoms with Gasteiger partial charge in [-0.15, -0.1) is 0 Å². The summed E-state index contributed by atoms with van der Waals surface area (Å²) in [5.41, 5.74) is 0.747. The Labute approximate surface area is 115 Å². The van der Waals surface area contributed by atoms with Gasteiger partial charge in [0.2, 0.25) is 11.7 Å². The third kappa shape index (κ3) is 2.24. The molecule has 20 heavy (non-hydrogen) atoms. The summed E-state index contributed by atoms with van der Waals surface area (Å²) in [6.07, 6.45) is 0.560. The van der Waals surface area contributed by atoms with E-state index >= 15 is 0 Å². The van der Waals surface area contributed by atoms with Crippen molar-refractivity contribution in [3.05, 3.63) is 30.2 Å². The van der Waals surface area contributed by atoms with Crippen LogP contribution in [0.15, 0.2) is 28.8 Å². The maximum atomic E-state index is 10.9. The van der Waals surface area contributed by atoms with Gasteiger partial charge in [-0.05, 0) is 25.5 Å². The molecule has 1 aliphatic rings. The van der Waals surface area contributed by atoms with Gasteiger partial charge in [0.05, 0.1) is 24.0 Å². The molecule has 6 nitrogen and oxygen atoms in total. The lowest BCUT2D eigenvalue weighted by Gasteiger charge is -2.05. The number of hydrogen-bond acceptors (Lipinski definition) is 5. The smallest absolute Gasteiger partial charge is 0.307 e. The van der Waals surface area contributed by atoms with E-state index in [1.165, 1.54) is 0 Å². The van der Waals surface area contributed by atoms with Gasteiger partial charge in [-0.3, -0.25) is 4.79 Å². The molecule has 2 aromatic rings. The number of hydrogen-bond donors (Lipinski definition) is 1. The maximum Gasteiger partial charge on any atom is 0.307 e. The molecule has 3 rings (SSSR count). The van der Waals surface area contributed by atoms with Crippen molar-refractivity contribution in [1.29, 1.82) is 0 Å². The van der Waals surface area contributed by atoms with Crippen molar-refractivity contribution in [3.8, 4) is 17.1 Å². The third-order valence-electron chi connectivity index (χ3n) is 3.29. The number of aliphatic carboxylic acids is 1. The first-order chi connectivity index (χ1) is 9.70. The van der Waals surface area contributed by atoms with Crippen LogP contribution in [0.1, 0.15) is 25.2 Å². The van der Waals surface area contributed by atoms with Crippen LogP contribution in [-0.2, 0) is 4.79 Å². The second-order valence-electron chi connectivity index (χ2n) is 4.67. The molecule has 0 radical (unpaired) electrons. The molecule has 104 valence electrons. The molecular formula is C14H14N2O4. The van der Waals surface area contributed by atoms with E-state index in [0.29, 0.717) is 30.5 Å². The van der Waals surface area contributed by atoms with E-state index in [0.717, 1.165) is 5.56 Å². The molecule has 1 aromatic carbocycles. The third-order valence-corrected chi connectivity index (χ3v) is 3.29. The number of rotatable bonds is 5. The molecule has 0 amide bonds. The summed E-state index contributed by atoms with van der Waals surface area (Å²) < 4.78 is 10.7. The molecule has 0 bridgehead atoms. The Hall–Kier alpha value is -2.37. The highest BCUT2D eigenvalue weighted by Crippen LogP contribution is 2.47. The van der Waals surface area contributed by atoms with Gasteiger partial charge in [0.25, 0.3) is 0 Å². The van der Waals surface area contributed by atoms with E-state index in [9.17, 15) is 4.79 Å². The zero-order valence-corrected chi connectivity index (χ0v) is 10.9. The van der Waals surface area contributed by atoms with Crippen molar-refractivity contribution in [1.82, 2.24) is 10.1 Å². The quantitative estimate of drug-likeness (QED) is 0.900. The number of benzene rings is 1. The van der Waals surface area contributed by atoms with Gasteiger partial charge >= 0.3 is 5.97 Å². The van der Waals surface area contributed by atoms with Crippen molar-refractivity contribution in [2.24, 2.45) is 5.92 Å². The molecule has 1 aliphatic carbocycles. The Morgan fingerprint density at radius 3 is 3.00 bits per heavy atom. The van der Waals surface area contributed by atoms with E-state index < -0.39 is 11.9 Å². The molecule has 0 aliphatic heterocycles. The minimum absolute atomic E-state index is 0.159. The zero-order valence-electron chi connectivity index (χ0n) is 10.9. The summed E-state index contributed by atoms with van der Waals surface area (Å²) >= 11 is 0. The molecule has 1 N–H and O–H groups in total. The highest BCUT2D eigenvalue weighted by Gasteiger charge is 2.48. The molecule has 1 heterocycles. The second-order valence-corrected chi connectivity index (χ2v) is 4.67. The van der Waals surface area contributed by atoms with Crippen LogP contribution in [0.2, 0.25) is 0 Å². The van der Waals surface area contributed by atoms with Gasteiger partial charge < -0.3 is 14.4 Å². The summed E-state index contributed by atoms with van der Waals surface area (Å²) in [5.74, 6) is 0.134. The van der Waals surface area contributed by atoms with Crippen molar-refractivity contribution in [2.75, 3.05) is 6.61 Å². The average Bonchev–Trinajstić information content (AvgIpc) is 3.11. The number of carboxylic acid groups (broad SMARTS) is 1. The number of para-hydroxylation sites is 1. The van der Waals surface area contributed by atoms with Crippen molar-refractivity contribution >= 4 is 5.97 Å². The van der Waals surface area contributed by atoms with Crippen LogP contribution in [0.25, 0.3) is 11.4 Å². The lowest BCUT2D eigenvalue weighted by Crippen LogP contribution is -1.99. The summed E-state index contributed by atoms with van der Waals surface area (Å²) in [5, 5.41) is 12.8. The Bertz CT molecular complexity index is 638. The van der Waals surface area contributed by atoms with E-state index in [2.05, 4.69) is 10.1 Å². The molecule has 6 heteroatoms. The second kappa shape index (κ2) is 4.96. The van der Waals surface area contributed by atoms with Gasteiger partial charge in [-0.2, -0.15) is 4.98 Å². The molecule has 1 fully saturated rings. The molecule has 1 aromatic heterocycles. The molecule has 0 saturated heterocycles. The number of aromatic nitrogens is 2. The minimum Gasteiger partial charge on any atom is -0.493 e. The first-order valence-corrected chi connectivity index (χ1v) is 6.49. The molecule has 1 saturated carbocycles. The van der Waals surface area contributed by atoms with Crippen LogP contribution in [0, 0.1) is 5.92 Å². The van der Waals surface area contributed by atoms with Crippen LogP contribution in [-0.4, -0.2) is 27.8 Å². The monoisotopic (exact) mass is 274 g/mol. The summed E-state index contributed by atoms with van der Waals surface area (Å²) in [7, 11) is 0. The number of nitrogens with zero attached hydrogens (tertiary/aromatic N) is 2. The summed E-state index contributed by atoms with van der Waals surface area (Å²) in [6, 6.07) is 7.43. The van der Waals surface area contributed by atoms with E-state index in [1.54, 1.807) is 0 Å². The minimum atomic E-state index is -0.815. The molecule has 2 unspecified atom stereocenters. The average molecular weight is 274 g/mol. The first-order valence-electron chi connectivity index (χ1n) is 6.49. The normalized spacial score (nSPS) is 20.6. The van der Waals surface area contributed by atoms with Crippen LogP contribution < -0.4 is 4.74 Å². The van der Waals surface area contributed by atoms with Crippen LogP contribution in [0.4, 0.5) is 0 Å². The SMILES string of the molecule is CCOc1ccccc1-c1noc(C2CC2C(=O)O)n1. The standard InChI is InChI=1S/C14H14N2O4/c1-2-19-11-6-4-3-5-8(11)12-15-13(20-16-12)9-7-10(9)14(17)18/h3-6,9-10H,2,7H2,1H3,(H,17,18). The van der Waals surface area contributed by atoms with E-state index in [1.807, 2.05) is 31.2 Å². The summed E-state index contributed by atoms with van der Waals surface area (Å²) in [6.45, 7) is 2.45. The first kappa shape index (κ1) is 12.7. The fourth-order valence-corrected chi connectivity index (χ4v) is 2.17. The Kier molecular flexibility index (Phi) is 3.14. The number of ether oxygens (including phenoxy) is 1. The number of carboxylic acids is 1. The topological polar surface area (TPSA) is 85.5 Å². The molecular weight excluding hydrogens is 260 g/mol. The Balaban J connectivity index is 1.86. The highest BCUT2D eigenvalue weighted by molar-refractivity contribution is 5.74. The molecule has 0 spiro atoms. The Morgan fingerprint density at radius 2 is 2.30 bits per heavy atom. The maximum absolute atomic E-state index is 10.9.